The molecule has 6 heteroatoms. The highest BCUT2D eigenvalue weighted by molar-refractivity contribution is 5.27. The van der Waals surface area contributed by atoms with Gasteiger partial charge >= 0.3 is 0 Å². The number of ether oxygens (including phenoxy) is 1. The van der Waals surface area contributed by atoms with Gasteiger partial charge in [-0.2, -0.15) is 0 Å². The van der Waals surface area contributed by atoms with E-state index in [0.717, 1.165) is 45.0 Å². The Kier molecular flexibility index (Phi) is 11.5. The molecule has 1 aromatic rings. The summed E-state index contributed by atoms with van der Waals surface area (Å²) in [5.41, 5.74) is 1.27. The van der Waals surface area contributed by atoms with E-state index in [4.69, 9.17) is 4.74 Å². The molecule has 0 amide bonds. The summed E-state index contributed by atoms with van der Waals surface area (Å²) < 4.78 is 5.21. The first-order chi connectivity index (χ1) is 12.4. The summed E-state index contributed by atoms with van der Waals surface area (Å²) in [6.45, 7) is 12.4. The molecule has 0 bridgehead atoms. The van der Waals surface area contributed by atoms with Crippen LogP contribution in [0.4, 0.5) is 0 Å². The molecule has 0 spiro atoms. The lowest BCUT2D eigenvalue weighted by Gasteiger charge is -2.28. The lowest BCUT2D eigenvalue weighted by molar-refractivity contribution is 0.114. The topological polar surface area (TPSA) is 68.2 Å². The lowest BCUT2D eigenvalue weighted by Crippen LogP contribution is -2.42. The van der Waals surface area contributed by atoms with Crippen molar-refractivity contribution in [3.05, 3.63) is 29.8 Å². The smallest absolute Gasteiger partial charge is 0.118 e. The Labute approximate surface area is 158 Å². The number of aliphatic hydroxyl groups is 2. The molecule has 26 heavy (non-hydrogen) atoms. The molecule has 0 radical (unpaired) electrons. The van der Waals surface area contributed by atoms with E-state index >= 15 is 0 Å². The molecular formula is C20H37N3O3. The number of rotatable bonds is 14. The zero-order valence-corrected chi connectivity index (χ0v) is 16.8. The van der Waals surface area contributed by atoms with Crippen LogP contribution < -0.4 is 10.1 Å². The molecule has 0 saturated carbocycles. The Morgan fingerprint density at radius 3 is 2.19 bits per heavy atom. The van der Waals surface area contributed by atoms with E-state index in [-0.39, 0.29) is 12.2 Å². The number of aliphatic hydroxyl groups excluding tert-OH is 2. The minimum absolute atomic E-state index is 0.333. The van der Waals surface area contributed by atoms with Crippen LogP contribution in [-0.2, 0) is 6.54 Å². The predicted molar refractivity (Wildman–Crippen MR) is 107 cm³/mol. The van der Waals surface area contributed by atoms with Crippen molar-refractivity contribution >= 4 is 0 Å². The Balaban J connectivity index is 2.45. The molecule has 0 saturated heterocycles. The minimum atomic E-state index is -0.344. The molecule has 0 aliphatic carbocycles. The van der Waals surface area contributed by atoms with Crippen molar-refractivity contribution in [2.45, 2.75) is 39.5 Å². The third-order valence-corrected chi connectivity index (χ3v) is 4.31. The van der Waals surface area contributed by atoms with Crippen LogP contribution in [0.15, 0.2) is 24.3 Å². The maximum absolute atomic E-state index is 9.75. The number of likely N-dealkylation sites (N-methyl/N-ethyl adjacent to an activating group) is 1. The van der Waals surface area contributed by atoms with Crippen LogP contribution in [0.1, 0.15) is 26.3 Å². The second-order valence-electron chi connectivity index (χ2n) is 6.92. The predicted octanol–water partition coefficient (Wildman–Crippen LogP) is 1.17. The normalized spacial score (nSPS) is 14.0. The van der Waals surface area contributed by atoms with Gasteiger partial charge in [-0.3, -0.25) is 9.80 Å². The summed E-state index contributed by atoms with van der Waals surface area (Å²) >= 11 is 0. The van der Waals surface area contributed by atoms with Gasteiger partial charge in [0.15, 0.2) is 0 Å². The average molecular weight is 368 g/mol. The molecule has 0 unspecified atom stereocenters. The van der Waals surface area contributed by atoms with Gasteiger partial charge in [0.2, 0.25) is 0 Å². The number of methoxy groups -OCH3 is 1. The van der Waals surface area contributed by atoms with Gasteiger partial charge in [0.1, 0.15) is 5.75 Å². The second-order valence-corrected chi connectivity index (χ2v) is 6.92. The van der Waals surface area contributed by atoms with Gasteiger partial charge in [0, 0.05) is 45.8 Å². The van der Waals surface area contributed by atoms with Crippen molar-refractivity contribution in [2.75, 3.05) is 52.9 Å². The van der Waals surface area contributed by atoms with Crippen LogP contribution in [0.3, 0.4) is 0 Å². The molecule has 0 aromatic heterocycles. The van der Waals surface area contributed by atoms with Gasteiger partial charge in [-0.05, 0) is 38.1 Å². The summed E-state index contributed by atoms with van der Waals surface area (Å²) in [6.07, 6.45) is -0.677. The van der Waals surface area contributed by atoms with E-state index < -0.39 is 0 Å². The highest BCUT2D eigenvalue weighted by Crippen LogP contribution is 2.13. The van der Waals surface area contributed by atoms with Crippen molar-refractivity contribution in [3.63, 3.8) is 0 Å². The van der Waals surface area contributed by atoms with Crippen molar-refractivity contribution < 1.29 is 14.9 Å². The molecule has 1 rings (SSSR count). The second kappa shape index (κ2) is 13.1. The maximum atomic E-state index is 9.75. The van der Waals surface area contributed by atoms with E-state index in [1.165, 1.54) is 5.56 Å². The fourth-order valence-corrected chi connectivity index (χ4v) is 2.84. The van der Waals surface area contributed by atoms with Gasteiger partial charge in [0.05, 0.1) is 19.3 Å². The molecule has 1 aromatic carbocycles. The van der Waals surface area contributed by atoms with Gasteiger partial charge in [0.25, 0.3) is 0 Å². The fourth-order valence-electron chi connectivity index (χ4n) is 2.84. The molecule has 150 valence electrons. The lowest BCUT2D eigenvalue weighted by atomic mass is 10.2. The van der Waals surface area contributed by atoms with Crippen molar-refractivity contribution in [1.29, 1.82) is 0 Å². The third kappa shape index (κ3) is 10.1. The summed E-state index contributed by atoms with van der Waals surface area (Å²) in [7, 11) is 1.68. The Morgan fingerprint density at radius 2 is 1.65 bits per heavy atom. The summed E-state index contributed by atoms with van der Waals surface area (Å²) in [5, 5.41) is 22.3. The summed E-state index contributed by atoms with van der Waals surface area (Å²) in [5.74, 6) is 0.879. The van der Waals surface area contributed by atoms with Crippen LogP contribution in [0.25, 0.3) is 0 Å². The molecular weight excluding hydrogens is 330 g/mol. The minimum Gasteiger partial charge on any atom is -0.497 e. The first-order valence-electron chi connectivity index (χ1n) is 9.59. The highest BCUT2D eigenvalue weighted by Gasteiger charge is 2.11. The van der Waals surface area contributed by atoms with Crippen molar-refractivity contribution in [2.24, 2.45) is 0 Å². The number of benzene rings is 1. The van der Waals surface area contributed by atoms with E-state index in [9.17, 15) is 10.2 Å². The molecule has 0 aliphatic heterocycles. The standard InChI is InChI=1S/C20H37N3O3/c1-5-22(16-19-6-8-20(26-4)9-7-19)12-13-23(15-18(3)25)11-10-21-14-17(2)24/h6-9,17-18,21,24-25H,5,10-16H2,1-4H3/t17-,18-/m0/s1. The molecule has 0 aliphatic rings. The number of nitrogens with one attached hydrogen (secondary N) is 1. The van der Waals surface area contributed by atoms with Gasteiger partial charge in [-0.1, -0.05) is 19.1 Å². The molecule has 0 heterocycles. The molecule has 2 atom stereocenters. The molecule has 3 N–H and O–H groups in total. The van der Waals surface area contributed by atoms with E-state index in [1.54, 1.807) is 14.0 Å². The van der Waals surface area contributed by atoms with Gasteiger partial charge in [-0.25, -0.2) is 0 Å². The van der Waals surface area contributed by atoms with E-state index in [1.807, 2.05) is 19.1 Å². The Bertz CT molecular complexity index is 466. The number of hydrogen-bond donors (Lipinski definition) is 3. The zero-order chi connectivity index (χ0) is 19.4. The SMILES string of the molecule is CCN(CCN(CCNC[C@H](C)O)C[C@H](C)O)Cc1ccc(OC)cc1. The van der Waals surface area contributed by atoms with Crippen molar-refractivity contribution in [1.82, 2.24) is 15.1 Å². The monoisotopic (exact) mass is 367 g/mol. The molecule has 0 fully saturated rings. The fraction of sp³-hybridized carbons (Fsp3) is 0.700. The first-order valence-corrected chi connectivity index (χ1v) is 9.59. The van der Waals surface area contributed by atoms with Crippen LogP contribution in [0, 0.1) is 0 Å². The Hall–Kier alpha value is -1.18. The largest absolute Gasteiger partial charge is 0.497 e. The van der Waals surface area contributed by atoms with Crippen molar-refractivity contribution in [3.8, 4) is 5.75 Å². The van der Waals surface area contributed by atoms with E-state index in [0.29, 0.717) is 13.1 Å². The van der Waals surface area contributed by atoms with E-state index in [2.05, 4.69) is 34.2 Å². The first kappa shape index (κ1) is 22.9. The number of hydrogen-bond acceptors (Lipinski definition) is 6. The van der Waals surface area contributed by atoms with Gasteiger partial charge in [-0.15, -0.1) is 0 Å². The Morgan fingerprint density at radius 1 is 1.00 bits per heavy atom. The highest BCUT2D eigenvalue weighted by atomic mass is 16.5. The quantitative estimate of drug-likeness (QED) is 0.429. The maximum Gasteiger partial charge on any atom is 0.118 e. The summed E-state index contributed by atoms with van der Waals surface area (Å²) in [6, 6.07) is 8.21. The van der Waals surface area contributed by atoms with Crippen LogP contribution >= 0.6 is 0 Å². The third-order valence-electron chi connectivity index (χ3n) is 4.31. The zero-order valence-electron chi connectivity index (χ0n) is 16.8. The number of nitrogens with zero attached hydrogens (tertiary/aromatic N) is 2. The molecule has 6 nitrogen and oxygen atoms in total. The van der Waals surface area contributed by atoms with Crippen LogP contribution in [0.5, 0.6) is 5.75 Å². The van der Waals surface area contributed by atoms with Crippen LogP contribution in [0.2, 0.25) is 0 Å². The van der Waals surface area contributed by atoms with Gasteiger partial charge < -0.3 is 20.3 Å². The summed E-state index contributed by atoms with van der Waals surface area (Å²) in [4.78, 5) is 4.68. The van der Waals surface area contributed by atoms with Crippen LogP contribution in [-0.4, -0.2) is 85.1 Å². The average Bonchev–Trinajstić information content (AvgIpc) is 2.61.